The molecule has 0 aliphatic heterocycles. The van der Waals surface area contributed by atoms with Crippen LogP contribution in [-0.4, -0.2) is 35.1 Å². The maximum absolute atomic E-state index is 13.0. The van der Waals surface area contributed by atoms with E-state index in [9.17, 15) is 4.79 Å². The lowest BCUT2D eigenvalue weighted by Gasteiger charge is -2.13. The van der Waals surface area contributed by atoms with E-state index in [1.807, 2.05) is 68.7 Å². The van der Waals surface area contributed by atoms with E-state index in [0.717, 1.165) is 23.0 Å². The molecule has 0 aliphatic carbocycles. The molecular formula is C20H19N3O2. The van der Waals surface area contributed by atoms with Crippen LogP contribution in [0, 0.1) is 0 Å². The van der Waals surface area contributed by atoms with Crippen molar-refractivity contribution in [2.45, 2.75) is 6.54 Å². The van der Waals surface area contributed by atoms with Gasteiger partial charge in [0, 0.05) is 24.0 Å². The first kappa shape index (κ1) is 15.6. The van der Waals surface area contributed by atoms with Crippen molar-refractivity contribution < 1.29 is 4.42 Å². The van der Waals surface area contributed by atoms with Crippen LogP contribution in [0.2, 0.25) is 0 Å². The number of hydrogen-bond donors (Lipinski definition) is 0. The third kappa shape index (κ3) is 2.72. The standard InChI is InChI=1S/C20H19N3O2/c1-22(2)12-13-23-16-11-7-6-10-15(16)18-17(20(23)24)21-19(25-18)14-8-4-3-5-9-14/h3-11H,12-13H2,1-2H3. The largest absolute Gasteiger partial charge is 0.435 e. The van der Waals surface area contributed by atoms with Crippen LogP contribution < -0.4 is 5.56 Å². The fraction of sp³-hybridized carbons (Fsp3) is 0.200. The SMILES string of the molecule is CN(C)CCn1c(=O)c2nc(-c3ccccc3)oc2c2ccccc21. The minimum Gasteiger partial charge on any atom is -0.435 e. The Kier molecular flexibility index (Phi) is 3.86. The summed E-state index contributed by atoms with van der Waals surface area (Å²) in [6.45, 7) is 1.38. The third-order valence-electron chi connectivity index (χ3n) is 4.31. The van der Waals surface area contributed by atoms with Crippen molar-refractivity contribution in [3.63, 3.8) is 0 Å². The third-order valence-corrected chi connectivity index (χ3v) is 4.31. The zero-order chi connectivity index (χ0) is 17.4. The fourth-order valence-corrected chi connectivity index (χ4v) is 3.01. The second-order valence-electron chi connectivity index (χ2n) is 6.34. The highest BCUT2D eigenvalue weighted by Crippen LogP contribution is 2.28. The van der Waals surface area contributed by atoms with Crippen molar-refractivity contribution in [3.05, 3.63) is 65.0 Å². The number of nitrogens with zero attached hydrogens (tertiary/aromatic N) is 3. The number of fused-ring (bicyclic) bond motifs is 3. The van der Waals surface area contributed by atoms with E-state index in [1.54, 1.807) is 4.57 Å². The number of benzene rings is 2. The van der Waals surface area contributed by atoms with Gasteiger partial charge < -0.3 is 13.9 Å². The molecule has 5 nitrogen and oxygen atoms in total. The zero-order valence-corrected chi connectivity index (χ0v) is 14.3. The van der Waals surface area contributed by atoms with Gasteiger partial charge in [0.15, 0.2) is 11.1 Å². The number of para-hydroxylation sites is 1. The van der Waals surface area contributed by atoms with Gasteiger partial charge in [0.2, 0.25) is 5.89 Å². The lowest BCUT2D eigenvalue weighted by atomic mass is 10.2. The number of rotatable bonds is 4. The molecule has 0 aliphatic rings. The van der Waals surface area contributed by atoms with E-state index >= 15 is 0 Å². The van der Waals surface area contributed by atoms with Gasteiger partial charge in [-0.2, -0.15) is 0 Å². The molecule has 0 atom stereocenters. The molecule has 0 saturated heterocycles. The molecule has 2 heterocycles. The van der Waals surface area contributed by atoms with Crippen molar-refractivity contribution in [3.8, 4) is 11.5 Å². The Labute approximate surface area is 145 Å². The molecule has 2 aromatic carbocycles. The highest BCUT2D eigenvalue weighted by atomic mass is 16.3. The Morgan fingerprint density at radius 1 is 1.04 bits per heavy atom. The van der Waals surface area contributed by atoms with Gasteiger partial charge in [-0.1, -0.05) is 30.3 Å². The zero-order valence-electron chi connectivity index (χ0n) is 14.3. The monoisotopic (exact) mass is 333 g/mol. The van der Waals surface area contributed by atoms with Gasteiger partial charge in [0.25, 0.3) is 5.56 Å². The summed E-state index contributed by atoms with van der Waals surface area (Å²) in [5.41, 5.74) is 2.57. The fourth-order valence-electron chi connectivity index (χ4n) is 3.01. The summed E-state index contributed by atoms with van der Waals surface area (Å²) in [6.07, 6.45) is 0. The van der Waals surface area contributed by atoms with Crippen LogP contribution in [0.15, 0.2) is 63.8 Å². The minimum absolute atomic E-state index is 0.110. The van der Waals surface area contributed by atoms with Gasteiger partial charge in [0.1, 0.15) is 0 Å². The molecule has 0 bridgehead atoms. The van der Waals surface area contributed by atoms with Crippen LogP contribution in [-0.2, 0) is 6.54 Å². The lowest BCUT2D eigenvalue weighted by Crippen LogP contribution is -2.27. The topological polar surface area (TPSA) is 51.3 Å². The normalized spacial score (nSPS) is 11.6. The molecule has 4 rings (SSSR count). The van der Waals surface area contributed by atoms with E-state index in [0.29, 0.717) is 23.5 Å². The van der Waals surface area contributed by atoms with E-state index < -0.39 is 0 Å². The van der Waals surface area contributed by atoms with E-state index in [4.69, 9.17) is 4.42 Å². The molecule has 0 fully saturated rings. The molecule has 25 heavy (non-hydrogen) atoms. The molecule has 0 amide bonds. The van der Waals surface area contributed by atoms with E-state index in [-0.39, 0.29) is 5.56 Å². The van der Waals surface area contributed by atoms with Crippen LogP contribution in [0.3, 0.4) is 0 Å². The summed E-state index contributed by atoms with van der Waals surface area (Å²) in [5.74, 6) is 0.475. The van der Waals surface area contributed by atoms with Gasteiger partial charge in [-0.3, -0.25) is 4.79 Å². The molecule has 0 radical (unpaired) electrons. The van der Waals surface area contributed by atoms with Gasteiger partial charge in [-0.25, -0.2) is 4.98 Å². The van der Waals surface area contributed by atoms with Crippen LogP contribution in [0.25, 0.3) is 33.5 Å². The van der Waals surface area contributed by atoms with Crippen molar-refractivity contribution in [1.29, 1.82) is 0 Å². The number of oxazole rings is 1. The Morgan fingerprint density at radius 3 is 2.52 bits per heavy atom. The van der Waals surface area contributed by atoms with Crippen molar-refractivity contribution in [2.24, 2.45) is 0 Å². The first-order chi connectivity index (χ1) is 12.1. The highest BCUT2D eigenvalue weighted by Gasteiger charge is 2.17. The minimum atomic E-state index is -0.110. The Balaban J connectivity index is 2.00. The summed E-state index contributed by atoms with van der Waals surface area (Å²) < 4.78 is 7.78. The molecule has 0 N–H and O–H groups in total. The molecule has 5 heteroatoms. The summed E-state index contributed by atoms with van der Waals surface area (Å²) in [4.78, 5) is 19.6. The van der Waals surface area contributed by atoms with E-state index in [1.165, 1.54) is 0 Å². The summed E-state index contributed by atoms with van der Waals surface area (Å²) >= 11 is 0. The van der Waals surface area contributed by atoms with Crippen molar-refractivity contribution in [2.75, 3.05) is 20.6 Å². The number of aromatic nitrogens is 2. The Morgan fingerprint density at radius 2 is 1.76 bits per heavy atom. The first-order valence-electron chi connectivity index (χ1n) is 8.27. The smallest absolute Gasteiger partial charge is 0.280 e. The van der Waals surface area contributed by atoms with Gasteiger partial charge in [0.05, 0.1) is 5.52 Å². The lowest BCUT2D eigenvalue weighted by molar-refractivity contribution is 0.384. The van der Waals surface area contributed by atoms with Crippen LogP contribution in [0.1, 0.15) is 0 Å². The molecule has 2 aromatic heterocycles. The second kappa shape index (κ2) is 6.18. The second-order valence-corrected chi connectivity index (χ2v) is 6.34. The number of pyridine rings is 1. The van der Waals surface area contributed by atoms with Crippen LogP contribution >= 0.6 is 0 Å². The molecule has 0 spiro atoms. The summed E-state index contributed by atoms with van der Waals surface area (Å²) in [7, 11) is 3.99. The highest BCUT2D eigenvalue weighted by molar-refractivity contribution is 6.01. The molecular weight excluding hydrogens is 314 g/mol. The maximum atomic E-state index is 13.0. The predicted molar refractivity (Wildman–Crippen MR) is 99.8 cm³/mol. The summed E-state index contributed by atoms with van der Waals surface area (Å²) in [6, 6.07) is 17.5. The predicted octanol–water partition coefficient (Wildman–Crippen LogP) is 3.37. The van der Waals surface area contributed by atoms with Gasteiger partial charge in [-0.05, 0) is 38.4 Å². The molecule has 0 unspecified atom stereocenters. The average molecular weight is 333 g/mol. The Hall–Kier alpha value is -2.92. The average Bonchev–Trinajstić information content (AvgIpc) is 3.08. The number of likely N-dealkylation sites (N-methyl/N-ethyl adjacent to an activating group) is 1. The van der Waals surface area contributed by atoms with Crippen molar-refractivity contribution >= 4 is 22.0 Å². The number of hydrogen-bond acceptors (Lipinski definition) is 4. The van der Waals surface area contributed by atoms with Crippen LogP contribution in [0.5, 0.6) is 0 Å². The van der Waals surface area contributed by atoms with E-state index in [2.05, 4.69) is 9.88 Å². The quantitative estimate of drug-likeness (QED) is 0.574. The molecule has 126 valence electrons. The van der Waals surface area contributed by atoms with Crippen LogP contribution in [0.4, 0.5) is 0 Å². The van der Waals surface area contributed by atoms with Crippen molar-refractivity contribution in [1.82, 2.24) is 14.5 Å². The summed E-state index contributed by atoms with van der Waals surface area (Å²) in [5, 5.41) is 0.908. The van der Waals surface area contributed by atoms with Gasteiger partial charge in [-0.15, -0.1) is 0 Å². The van der Waals surface area contributed by atoms with Gasteiger partial charge >= 0.3 is 0 Å². The first-order valence-corrected chi connectivity index (χ1v) is 8.27. The molecule has 0 saturated carbocycles. The molecule has 4 aromatic rings. The maximum Gasteiger partial charge on any atom is 0.280 e. The Bertz CT molecular complexity index is 1090.